The van der Waals surface area contributed by atoms with Gasteiger partial charge in [-0.3, -0.25) is 24.4 Å². The number of likely N-dealkylation sites (tertiary alicyclic amines) is 2. The first-order chi connectivity index (χ1) is 14.2. The molecular weight excluding hydrogens is 366 g/mol. The van der Waals surface area contributed by atoms with E-state index in [0.29, 0.717) is 25.2 Å². The second-order valence-corrected chi connectivity index (χ2v) is 8.72. The average Bonchev–Trinajstić information content (AvgIpc) is 3.57. The largest absolute Gasteiger partial charge is 0.352 e. The van der Waals surface area contributed by atoms with Crippen molar-refractivity contribution in [2.45, 2.75) is 57.2 Å². The first-order valence-corrected chi connectivity index (χ1v) is 11.1. The van der Waals surface area contributed by atoms with Gasteiger partial charge in [0, 0.05) is 37.9 Å². The van der Waals surface area contributed by atoms with Crippen molar-refractivity contribution < 1.29 is 9.59 Å². The summed E-state index contributed by atoms with van der Waals surface area (Å²) in [6, 6.07) is 6.73. The quantitative estimate of drug-likeness (QED) is 0.719. The molecule has 7 nitrogen and oxygen atoms in total. The van der Waals surface area contributed by atoms with Crippen molar-refractivity contribution in [1.82, 2.24) is 25.4 Å². The summed E-state index contributed by atoms with van der Waals surface area (Å²) in [4.78, 5) is 33.7. The van der Waals surface area contributed by atoms with Crippen LogP contribution in [-0.2, 0) is 16.1 Å². The summed E-state index contributed by atoms with van der Waals surface area (Å²) in [6.45, 7) is 4.89. The molecule has 1 saturated carbocycles. The predicted octanol–water partition coefficient (Wildman–Crippen LogP) is 1.15. The van der Waals surface area contributed by atoms with Crippen molar-refractivity contribution in [3.05, 3.63) is 30.1 Å². The van der Waals surface area contributed by atoms with Gasteiger partial charge >= 0.3 is 0 Å². The number of nitrogens with one attached hydrogen (secondary N) is 2. The Morgan fingerprint density at radius 2 is 1.90 bits per heavy atom. The van der Waals surface area contributed by atoms with Crippen LogP contribution in [0.2, 0.25) is 0 Å². The Balaban J connectivity index is 1.19. The topological polar surface area (TPSA) is 77.6 Å². The first-order valence-electron chi connectivity index (χ1n) is 11.1. The maximum Gasteiger partial charge on any atom is 0.234 e. The van der Waals surface area contributed by atoms with Gasteiger partial charge in [0.05, 0.1) is 24.7 Å². The molecule has 29 heavy (non-hydrogen) atoms. The number of nitrogens with zero attached hydrogens (tertiary/aromatic N) is 3. The van der Waals surface area contributed by atoms with Gasteiger partial charge in [-0.05, 0) is 57.2 Å². The molecule has 4 rings (SSSR count). The molecule has 1 aromatic rings. The molecule has 0 aromatic carbocycles. The van der Waals surface area contributed by atoms with Gasteiger partial charge in [0.15, 0.2) is 0 Å². The molecule has 0 spiro atoms. The van der Waals surface area contributed by atoms with Crippen LogP contribution in [0.15, 0.2) is 24.4 Å². The lowest BCUT2D eigenvalue weighted by atomic mass is 9.93. The molecule has 3 aliphatic rings. The number of carbonyl (C=O) groups is 2. The molecular formula is C22H33N5O2. The molecule has 2 N–H and O–H groups in total. The minimum Gasteiger partial charge on any atom is -0.352 e. The molecule has 2 amide bonds. The minimum atomic E-state index is 0.0646. The Morgan fingerprint density at radius 3 is 2.62 bits per heavy atom. The van der Waals surface area contributed by atoms with Gasteiger partial charge < -0.3 is 10.6 Å². The van der Waals surface area contributed by atoms with Gasteiger partial charge in [-0.15, -0.1) is 0 Å². The van der Waals surface area contributed by atoms with Crippen molar-refractivity contribution in [1.29, 1.82) is 0 Å². The zero-order chi connectivity index (χ0) is 20.1. The molecule has 3 fully saturated rings. The SMILES string of the molecule is O=C(CN1CCC(N2CCCC(C(=O)NCc3ccccn3)C2)CC1)NC1CC1. The second-order valence-electron chi connectivity index (χ2n) is 8.72. The Morgan fingerprint density at radius 1 is 1.07 bits per heavy atom. The number of hydrogen-bond donors (Lipinski definition) is 2. The Hall–Kier alpha value is -1.99. The van der Waals surface area contributed by atoms with Crippen molar-refractivity contribution in [2.75, 3.05) is 32.7 Å². The third-order valence-electron chi connectivity index (χ3n) is 6.38. The smallest absolute Gasteiger partial charge is 0.234 e. The van der Waals surface area contributed by atoms with E-state index in [-0.39, 0.29) is 17.7 Å². The molecule has 0 radical (unpaired) electrons. The lowest BCUT2D eigenvalue weighted by molar-refractivity contribution is -0.127. The highest BCUT2D eigenvalue weighted by Crippen LogP contribution is 2.24. The molecule has 1 unspecified atom stereocenters. The fourth-order valence-corrected chi connectivity index (χ4v) is 4.52. The summed E-state index contributed by atoms with van der Waals surface area (Å²) < 4.78 is 0. The average molecular weight is 400 g/mol. The summed E-state index contributed by atoms with van der Waals surface area (Å²) in [5, 5.41) is 6.14. The number of carbonyl (C=O) groups excluding carboxylic acids is 2. The van der Waals surface area contributed by atoms with E-state index in [1.807, 2.05) is 18.2 Å². The highest BCUT2D eigenvalue weighted by molar-refractivity contribution is 5.79. The lowest BCUT2D eigenvalue weighted by Gasteiger charge is -2.41. The molecule has 158 valence electrons. The van der Waals surface area contributed by atoms with Crippen LogP contribution in [0.4, 0.5) is 0 Å². The summed E-state index contributed by atoms with van der Waals surface area (Å²) in [5.41, 5.74) is 0.895. The summed E-state index contributed by atoms with van der Waals surface area (Å²) >= 11 is 0. The Labute approximate surface area is 173 Å². The van der Waals surface area contributed by atoms with E-state index in [4.69, 9.17) is 0 Å². The second kappa shape index (κ2) is 9.67. The monoisotopic (exact) mass is 399 g/mol. The van der Waals surface area contributed by atoms with Crippen molar-refractivity contribution in [3.8, 4) is 0 Å². The number of aromatic nitrogens is 1. The number of rotatable bonds is 7. The third-order valence-corrected chi connectivity index (χ3v) is 6.38. The molecule has 3 heterocycles. The van der Waals surface area contributed by atoms with Crippen molar-refractivity contribution in [3.63, 3.8) is 0 Å². The molecule has 1 atom stereocenters. The van der Waals surface area contributed by atoms with E-state index in [2.05, 4.69) is 25.4 Å². The van der Waals surface area contributed by atoms with Crippen LogP contribution in [0.25, 0.3) is 0 Å². The van der Waals surface area contributed by atoms with Crippen molar-refractivity contribution in [2.24, 2.45) is 5.92 Å². The summed E-state index contributed by atoms with van der Waals surface area (Å²) in [6.07, 6.45) is 8.24. The number of pyridine rings is 1. The number of piperidine rings is 2. The molecule has 7 heteroatoms. The van der Waals surface area contributed by atoms with Crippen LogP contribution >= 0.6 is 0 Å². The minimum absolute atomic E-state index is 0.0646. The fraction of sp³-hybridized carbons (Fsp3) is 0.682. The van der Waals surface area contributed by atoms with Gasteiger partial charge in [-0.2, -0.15) is 0 Å². The Kier molecular flexibility index (Phi) is 6.77. The molecule has 0 bridgehead atoms. The highest BCUT2D eigenvalue weighted by atomic mass is 16.2. The van der Waals surface area contributed by atoms with Gasteiger partial charge in [0.1, 0.15) is 0 Å². The van der Waals surface area contributed by atoms with Crippen LogP contribution in [0.5, 0.6) is 0 Å². The van der Waals surface area contributed by atoms with E-state index < -0.39 is 0 Å². The van der Waals surface area contributed by atoms with E-state index >= 15 is 0 Å². The summed E-state index contributed by atoms with van der Waals surface area (Å²) in [5.74, 6) is 0.387. The van der Waals surface area contributed by atoms with E-state index in [0.717, 1.165) is 70.4 Å². The molecule has 2 aliphatic heterocycles. The third kappa shape index (κ3) is 6.00. The lowest BCUT2D eigenvalue weighted by Crippen LogP contribution is -2.51. The van der Waals surface area contributed by atoms with Crippen LogP contribution in [0.3, 0.4) is 0 Å². The van der Waals surface area contributed by atoms with Gasteiger partial charge in [-0.25, -0.2) is 0 Å². The van der Waals surface area contributed by atoms with Gasteiger partial charge in [-0.1, -0.05) is 6.07 Å². The highest BCUT2D eigenvalue weighted by Gasteiger charge is 2.32. The van der Waals surface area contributed by atoms with Gasteiger partial charge in [0.2, 0.25) is 11.8 Å². The van der Waals surface area contributed by atoms with Crippen LogP contribution in [0.1, 0.15) is 44.2 Å². The molecule has 1 aromatic heterocycles. The van der Waals surface area contributed by atoms with E-state index in [9.17, 15) is 9.59 Å². The molecule has 1 aliphatic carbocycles. The van der Waals surface area contributed by atoms with Gasteiger partial charge in [0.25, 0.3) is 0 Å². The zero-order valence-corrected chi connectivity index (χ0v) is 17.2. The van der Waals surface area contributed by atoms with Crippen LogP contribution < -0.4 is 10.6 Å². The van der Waals surface area contributed by atoms with Crippen LogP contribution in [0, 0.1) is 5.92 Å². The standard InChI is InChI=1S/C22H33N5O2/c28-21(25-18-6-7-18)16-26-12-8-20(9-13-26)27-11-3-4-17(15-27)22(29)24-14-19-5-1-2-10-23-19/h1-2,5,10,17-18,20H,3-4,6-9,11-16H2,(H,24,29)(H,25,28). The van der Waals surface area contributed by atoms with Crippen molar-refractivity contribution >= 4 is 11.8 Å². The van der Waals surface area contributed by atoms with Crippen LogP contribution in [-0.4, -0.2) is 71.4 Å². The summed E-state index contributed by atoms with van der Waals surface area (Å²) in [7, 11) is 0. The number of amides is 2. The zero-order valence-electron chi connectivity index (χ0n) is 17.2. The maximum absolute atomic E-state index is 12.6. The normalized spacial score (nSPS) is 24.2. The van der Waals surface area contributed by atoms with E-state index in [1.54, 1.807) is 6.20 Å². The first kappa shape index (κ1) is 20.3. The van der Waals surface area contributed by atoms with E-state index in [1.165, 1.54) is 0 Å². The Bertz CT molecular complexity index is 686. The molecule has 2 saturated heterocycles. The predicted molar refractivity (Wildman–Crippen MR) is 111 cm³/mol. The number of hydrogen-bond acceptors (Lipinski definition) is 5. The maximum atomic E-state index is 12.6. The fourth-order valence-electron chi connectivity index (χ4n) is 4.52.